The number of carboxylic acid groups (broad SMARTS) is 1. The standard InChI is InChI=1S/C29H24F3N3O3/c1-16-10-18(8-9-23(16)24-4-2-3-5-25(24)29(30,31)32)27-33-26(34-38-27)17-6-7-19-14-35(15-21(19)11-17)22-12-20(13-22)28(36)37/h2-11,20,22H,12-15H2,1H3,(H,36,37)/t20-,22-. The average molecular weight is 520 g/mol. The molecular weight excluding hydrogens is 495 g/mol. The fourth-order valence-electron chi connectivity index (χ4n) is 5.43. The highest BCUT2D eigenvalue weighted by Gasteiger charge is 2.39. The molecule has 2 aliphatic rings. The molecule has 2 heterocycles. The zero-order valence-electron chi connectivity index (χ0n) is 20.5. The second kappa shape index (κ2) is 9.09. The lowest BCUT2D eigenvalue weighted by atomic mass is 9.79. The van der Waals surface area contributed by atoms with Gasteiger partial charge in [-0.05, 0) is 71.8 Å². The summed E-state index contributed by atoms with van der Waals surface area (Å²) in [5, 5.41) is 13.3. The molecule has 1 fully saturated rings. The summed E-state index contributed by atoms with van der Waals surface area (Å²) < 4.78 is 46.1. The normalized spacial score (nSPS) is 19.3. The van der Waals surface area contributed by atoms with Gasteiger partial charge in [-0.2, -0.15) is 18.2 Å². The van der Waals surface area contributed by atoms with Crippen molar-refractivity contribution >= 4 is 5.97 Å². The van der Waals surface area contributed by atoms with E-state index < -0.39 is 17.7 Å². The van der Waals surface area contributed by atoms with Crippen LogP contribution in [0.5, 0.6) is 0 Å². The lowest BCUT2D eigenvalue weighted by Crippen LogP contribution is -2.44. The van der Waals surface area contributed by atoms with Gasteiger partial charge >= 0.3 is 12.1 Å². The van der Waals surface area contributed by atoms with E-state index in [0.29, 0.717) is 35.4 Å². The Bertz CT molecular complexity index is 1540. The predicted molar refractivity (Wildman–Crippen MR) is 134 cm³/mol. The molecule has 1 aliphatic carbocycles. The Kier molecular flexibility index (Phi) is 5.83. The van der Waals surface area contributed by atoms with E-state index in [0.717, 1.165) is 30.3 Å². The van der Waals surface area contributed by atoms with Crippen molar-refractivity contribution in [1.82, 2.24) is 15.0 Å². The van der Waals surface area contributed by atoms with E-state index in [4.69, 9.17) is 9.63 Å². The number of halogens is 3. The number of aryl methyl sites for hydroxylation is 1. The molecule has 1 aromatic heterocycles. The molecule has 0 bridgehead atoms. The Morgan fingerprint density at radius 2 is 1.71 bits per heavy atom. The summed E-state index contributed by atoms with van der Waals surface area (Å²) in [6.45, 7) is 3.31. The molecule has 1 aliphatic heterocycles. The molecule has 0 unspecified atom stereocenters. The smallest absolute Gasteiger partial charge is 0.417 e. The molecule has 1 N–H and O–H groups in total. The third kappa shape index (κ3) is 4.36. The van der Waals surface area contributed by atoms with Gasteiger partial charge in [-0.1, -0.05) is 41.6 Å². The van der Waals surface area contributed by atoms with Gasteiger partial charge < -0.3 is 9.63 Å². The first kappa shape index (κ1) is 24.4. The van der Waals surface area contributed by atoms with Gasteiger partial charge in [0.2, 0.25) is 5.82 Å². The number of nitrogens with zero attached hydrogens (tertiary/aromatic N) is 3. The molecule has 0 amide bonds. The minimum absolute atomic E-state index is 0.128. The fraction of sp³-hybridized carbons (Fsp3) is 0.276. The minimum Gasteiger partial charge on any atom is -0.481 e. The first-order chi connectivity index (χ1) is 18.2. The molecule has 9 heteroatoms. The second-order valence-corrected chi connectivity index (χ2v) is 10.0. The quantitative estimate of drug-likeness (QED) is 0.321. The van der Waals surface area contributed by atoms with Crippen LogP contribution in [0.1, 0.15) is 35.1 Å². The van der Waals surface area contributed by atoms with Gasteiger partial charge in [0.15, 0.2) is 0 Å². The zero-order chi connectivity index (χ0) is 26.6. The molecule has 0 saturated heterocycles. The third-order valence-electron chi connectivity index (χ3n) is 7.61. The minimum atomic E-state index is -4.45. The van der Waals surface area contributed by atoms with Crippen molar-refractivity contribution in [3.8, 4) is 34.0 Å². The number of aliphatic carboxylic acids is 1. The van der Waals surface area contributed by atoms with E-state index in [1.165, 1.54) is 17.7 Å². The molecular formula is C29H24F3N3O3. The van der Waals surface area contributed by atoms with Gasteiger partial charge in [-0.15, -0.1) is 0 Å². The number of hydrogen-bond donors (Lipinski definition) is 1. The maximum absolute atomic E-state index is 13.5. The highest BCUT2D eigenvalue weighted by Crippen LogP contribution is 2.40. The van der Waals surface area contributed by atoms with Gasteiger partial charge in [0.05, 0.1) is 11.5 Å². The van der Waals surface area contributed by atoms with Crippen LogP contribution in [0.25, 0.3) is 34.0 Å². The summed E-state index contributed by atoms with van der Waals surface area (Å²) in [6.07, 6.45) is -3.08. The molecule has 4 aromatic rings. The zero-order valence-corrected chi connectivity index (χ0v) is 20.5. The fourth-order valence-corrected chi connectivity index (χ4v) is 5.43. The molecule has 1 saturated carbocycles. The van der Waals surface area contributed by atoms with Crippen LogP contribution in [0.2, 0.25) is 0 Å². The Balaban J connectivity index is 1.21. The lowest BCUT2D eigenvalue weighted by molar-refractivity contribution is -0.147. The van der Waals surface area contributed by atoms with Crippen LogP contribution in [0.4, 0.5) is 13.2 Å². The van der Waals surface area contributed by atoms with E-state index >= 15 is 0 Å². The van der Waals surface area contributed by atoms with Crippen molar-refractivity contribution in [3.63, 3.8) is 0 Å². The maximum Gasteiger partial charge on any atom is 0.417 e. The van der Waals surface area contributed by atoms with E-state index in [9.17, 15) is 18.0 Å². The SMILES string of the molecule is Cc1cc(-c2nc(-c3ccc4c(c3)CN([C@H]3C[C@H](C(=O)O)C3)C4)no2)ccc1-c1ccccc1C(F)(F)F. The Morgan fingerprint density at radius 3 is 2.45 bits per heavy atom. The molecule has 3 aromatic carbocycles. The topological polar surface area (TPSA) is 79.5 Å². The van der Waals surface area contributed by atoms with Crippen LogP contribution in [0, 0.1) is 12.8 Å². The van der Waals surface area contributed by atoms with Crippen LogP contribution in [0.15, 0.2) is 65.2 Å². The number of benzene rings is 3. The van der Waals surface area contributed by atoms with Crippen LogP contribution >= 0.6 is 0 Å². The summed E-state index contributed by atoms with van der Waals surface area (Å²) in [6, 6.07) is 17.0. The largest absolute Gasteiger partial charge is 0.481 e. The van der Waals surface area contributed by atoms with Crippen LogP contribution in [0.3, 0.4) is 0 Å². The van der Waals surface area contributed by atoms with Crippen molar-refractivity contribution in [2.24, 2.45) is 5.92 Å². The van der Waals surface area contributed by atoms with Crippen LogP contribution in [-0.2, 0) is 24.1 Å². The van der Waals surface area contributed by atoms with E-state index in [2.05, 4.69) is 15.0 Å². The number of aromatic nitrogens is 2. The number of alkyl halides is 3. The van der Waals surface area contributed by atoms with E-state index in [-0.39, 0.29) is 23.4 Å². The Labute approximate surface area is 216 Å². The van der Waals surface area contributed by atoms with Crippen molar-refractivity contribution in [2.75, 3.05) is 0 Å². The molecule has 0 radical (unpaired) electrons. The highest BCUT2D eigenvalue weighted by atomic mass is 19.4. The van der Waals surface area contributed by atoms with Gasteiger partial charge in [0, 0.05) is 30.3 Å². The van der Waals surface area contributed by atoms with Crippen molar-refractivity contribution in [1.29, 1.82) is 0 Å². The molecule has 38 heavy (non-hydrogen) atoms. The van der Waals surface area contributed by atoms with Crippen LogP contribution < -0.4 is 0 Å². The summed E-state index contributed by atoms with van der Waals surface area (Å²) in [7, 11) is 0. The number of carboxylic acids is 1. The van der Waals surface area contributed by atoms with Crippen molar-refractivity contribution in [2.45, 2.75) is 45.1 Å². The number of carbonyl (C=O) groups is 1. The maximum atomic E-state index is 13.5. The first-order valence-electron chi connectivity index (χ1n) is 12.4. The average Bonchev–Trinajstić information content (AvgIpc) is 3.49. The monoisotopic (exact) mass is 519 g/mol. The van der Waals surface area contributed by atoms with Crippen molar-refractivity contribution < 1.29 is 27.6 Å². The van der Waals surface area contributed by atoms with E-state index in [1.54, 1.807) is 31.2 Å². The number of rotatable bonds is 5. The van der Waals surface area contributed by atoms with Gasteiger partial charge in [0.1, 0.15) is 0 Å². The van der Waals surface area contributed by atoms with Gasteiger partial charge in [-0.25, -0.2) is 0 Å². The van der Waals surface area contributed by atoms with Crippen LogP contribution in [-0.4, -0.2) is 32.2 Å². The Morgan fingerprint density at radius 1 is 0.974 bits per heavy atom. The second-order valence-electron chi connectivity index (χ2n) is 10.0. The molecule has 194 valence electrons. The van der Waals surface area contributed by atoms with Gasteiger partial charge in [-0.3, -0.25) is 9.69 Å². The van der Waals surface area contributed by atoms with Crippen molar-refractivity contribution in [3.05, 3.63) is 82.9 Å². The summed E-state index contributed by atoms with van der Waals surface area (Å²) in [4.78, 5) is 18.0. The Hall–Kier alpha value is -3.98. The summed E-state index contributed by atoms with van der Waals surface area (Å²) >= 11 is 0. The summed E-state index contributed by atoms with van der Waals surface area (Å²) in [5.74, 6) is -0.242. The lowest BCUT2D eigenvalue weighted by Gasteiger charge is -2.39. The number of hydrogen-bond acceptors (Lipinski definition) is 5. The summed E-state index contributed by atoms with van der Waals surface area (Å²) in [5.41, 5.74) is 4.42. The first-order valence-corrected chi connectivity index (χ1v) is 12.4. The molecule has 0 atom stereocenters. The number of fused-ring (bicyclic) bond motifs is 1. The third-order valence-corrected chi connectivity index (χ3v) is 7.61. The van der Waals surface area contributed by atoms with E-state index in [1.807, 2.05) is 18.2 Å². The van der Waals surface area contributed by atoms with Gasteiger partial charge in [0.25, 0.3) is 5.89 Å². The molecule has 0 spiro atoms. The highest BCUT2D eigenvalue weighted by molar-refractivity contribution is 5.74. The predicted octanol–water partition coefficient (Wildman–Crippen LogP) is 6.58. The molecule has 6 nitrogen and oxygen atoms in total. The molecule has 6 rings (SSSR count).